The fourth-order valence-corrected chi connectivity index (χ4v) is 9.33. The van der Waals surface area contributed by atoms with Crippen LogP contribution in [0.25, 0.3) is 61.2 Å². The van der Waals surface area contributed by atoms with Crippen molar-refractivity contribution in [2.45, 2.75) is 0 Å². The maximum absolute atomic E-state index is 8.72. The van der Waals surface area contributed by atoms with E-state index < -0.39 is 0 Å². The monoisotopic (exact) mass is 952 g/mol. The number of nitrogens with one attached hydrogen (secondary N) is 2. The second-order valence-corrected chi connectivity index (χ2v) is 18.0. The average Bonchev–Trinajstić information content (AvgIpc) is 3.91. The van der Waals surface area contributed by atoms with Gasteiger partial charge in [0.15, 0.2) is 0 Å². The molecule has 0 aliphatic heterocycles. The lowest BCUT2D eigenvalue weighted by atomic mass is 9.99. The first-order chi connectivity index (χ1) is 36.6. The van der Waals surface area contributed by atoms with Gasteiger partial charge in [-0.3, -0.25) is 10.8 Å². The van der Waals surface area contributed by atoms with Crippen LogP contribution in [0.4, 0.5) is 34.1 Å². The lowest BCUT2D eigenvalue weighted by Crippen LogP contribution is -2.22. The Kier molecular flexibility index (Phi) is 12.3. The van der Waals surface area contributed by atoms with E-state index in [9.17, 15) is 0 Å². The van der Waals surface area contributed by atoms with Gasteiger partial charge in [-0.1, -0.05) is 170 Å². The summed E-state index contributed by atoms with van der Waals surface area (Å²) in [7, 11) is 0. The largest absolute Gasteiger partial charge is 0.310 e. The Bertz CT molecular complexity index is 3810. The number of hydrazone groups is 1. The normalized spacial score (nSPS) is 12.7. The molecule has 10 aromatic carbocycles. The van der Waals surface area contributed by atoms with Crippen molar-refractivity contribution in [3.63, 3.8) is 0 Å². The van der Waals surface area contributed by atoms with Gasteiger partial charge < -0.3 is 9.80 Å². The van der Waals surface area contributed by atoms with Crippen molar-refractivity contribution in [2.24, 2.45) is 5.10 Å². The van der Waals surface area contributed by atoms with Crippen LogP contribution in [-0.2, 0) is 0 Å². The standard InChI is InChI=1S/C66H48N8/c67-63-43-41-61(45-65(63)69-68-55-33-25-51(26-34-55)47-13-5-1-6-14-47)72(56-17-9-3-10-18-56)58-35-27-53(28-36-58)49-21-23-50(24-22-49)54-29-37-59(38-30-54)73(57-19-11-4-12-20-57)62-42-44-64-66(46-62)71-74(70-64)60-39-31-52(32-40-60)48-15-7-2-8-16-48/h1-46,67-68H/b67-63?,69-65-. The van der Waals surface area contributed by atoms with E-state index in [4.69, 9.17) is 15.6 Å². The summed E-state index contributed by atoms with van der Waals surface area (Å²) < 4.78 is 0. The van der Waals surface area contributed by atoms with Gasteiger partial charge in [-0.25, -0.2) is 0 Å². The van der Waals surface area contributed by atoms with Crippen molar-refractivity contribution in [2.75, 3.05) is 15.2 Å². The highest BCUT2D eigenvalue weighted by Crippen LogP contribution is 2.38. The first kappa shape index (κ1) is 45.0. The summed E-state index contributed by atoms with van der Waals surface area (Å²) in [4.78, 5) is 6.16. The SMILES string of the molecule is N=C1C=CC(N(c2ccccc2)c2ccc(-c3ccc(-c4ccc(N(c5ccccc5)c5ccc6nn(-c7ccc(-c8ccccc8)cc7)nc6c5)cc4)cc3)cc2)=C/C1=N/Nc1ccc(-c2ccccc2)cc1. The number of rotatable bonds is 13. The van der Waals surface area contributed by atoms with E-state index in [1.54, 1.807) is 10.9 Å². The lowest BCUT2D eigenvalue weighted by molar-refractivity contribution is 0.766. The molecule has 0 bridgehead atoms. The third-order valence-corrected chi connectivity index (χ3v) is 13.2. The van der Waals surface area contributed by atoms with E-state index in [1.165, 1.54) is 5.56 Å². The van der Waals surface area contributed by atoms with Crippen LogP contribution in [0.1, 0.15) is 0 Å². The molecule has 0 unspecified atom stereocenters. The molecule has 0 saturated carbocycles. The highest BCUT2D eigenvalue weighted by molar-refractivity contribution is 6.50. The highest BCUT2D eigenvalue weighted by atomic mass is 15.5. The predicted octanol–water partition coefficient (Wildman–Crippen LogP) is 16.6. The summed E-state index contributed by atoms with van der Waals surface area (Å²) in [5, 5.41) is 23.2. The van der Waals surface area contributed by atoms with Crippen LogP contribution in [0.3, 0.4) is 0 Å². The van der Waals surface area contributed by atoms with Crippen LogP contribution < -0.4 is 15.2 Å². The van der Waals surface area contributed by atoms with Gasteiger partial charge in [-0.15, -0.1) is 10.2 Å². The Morgan fingerprint density at radius 2 is 0.757 bits per heavy atom. The van der Waals surface area contributed by atoms with Crippen LogP contribution in [0.5, 0.6) is 0 Å². The lowest BCUT2D eigenvalue weighted by Gasteiger charge is -2.28. The van der Waals surface area contributed by atoms with Crippen molar-refractivity contribution in [3.8, 4) is 50.2 Å². The molecule has 0 radical (unpaired) electrons. The third kappa shape index (κ3) is 9.54. The fourth-order valence-electron chi connectivity index (χ4n) is 9.33. The van der Waals surface area contributed by atoms with E-state index in [0.29, 0.717) is 11.4 Å². The van der Waals surface area contributed by atoms with Crippen LogP contribution in [0.15, 0.2) is 290 Å². The molecule has 0 saturated heterocycles. The summed E-state index contributed by atoms with van der Waals surface area (Å²) in [5.41, 5.74) is 22.5. The first-order valence-corrected chi connectivity index (χ1v) is 24.6. The maximum atomic E-state index is 8.72. The number of nitrogens with zero attached hydrogens (tertiary/aromatic N) is 6. The van der Waals surface area contributed by atoms with Gasteiger partial charge >= 0.3 is 0 Å². The Balaban J connectivity index is 0.762. The molecule has 12 rings (SSSR count). The average molecular weight is 953 g/mol. The second kappa shape index (κ2) is 20.3. The minimum atomic E-state index is 0.331. The molecule has 8 heteroatoms. The quantitative estimate of drug-likeness (QED) is 0.0888. The van der Waals surface area contributed by atoms with Crippen molar-refractivity contribution in [1.29, 1.82) is 5.41 Å². The van der Waals surface area contributed by atoms with E-state index >= 15 is 0 Å². The Hall–Kier alpha value is -10.2. The Labute approximate surface area is 430 Å². The molecule has 0 amide bonds. The van der Waals surface area contributed by atoms with E-state index in [2.05, 4.69) is 214 Å². The number of para-hydroxylation sites is 2. The summed E-state index contributed by atoms with van der Waals surface area (Å²) >= 11 is 0. The molecule has 11 aromatic rings. The summed E-state index contributed by atoms with van der Waals surface area (Å²) in [6.45, 7) is 0. The van der Waals surface area contributed by atoms with Gasteiger partial charge in [0.05, 0.1) is 17.1 Å². The molecule has 2 N–H and O–H groups in total. The second-order valence-electron chi connectivity index (χ2n) is 18.0. The molecule has 1 aromatic heterocycles. The molecule has 0 spiro atoms. The van der Waals surface area contributed by atoms with E-state index in [-0.39, 0.29) is 0 Å². The minimum Gasteiger partial charge on any atom is -0.310 e. The molecule has 0 fully saturated rings. The Morgan fingerprint density at radius 1 is 0.365 bits per heavy atom. The number of aromatic nitrogens is 3. The molecular weight excluding hydrogens is 905 g/mol. The third-order valence-electron chi connectivity index (χ3n) is 13.2. The van der Waals surface area contributed by atoms with Crippen molar-refractivity contribution in [1.82, 2.24) is 15.0 Å². The molecule has 8 nitrogen and oxygen atoms in total. The zero-order valence-corrected chi connectivity index (χ0v) is 40.2. The number of hydrogen-bond acceptors (Lipinski definition) is 7. The number of allylic oxidation sites excluding steroid dienone is 3. The van der Waals surface area contributed by atoms with Gasteiger partial charge in [0.25, 0.3) is 0 Å². The van der Waals surface area contributed by atoms with Gasteiger partial charge in [0.2, 0.25) is 0 Å². The summed E-state index contributed by atoms with van der Waals surface area (Å²) in [6.07, 6.45) is 5.73. The molecule has 74 heavy (non-hydrogen) atoms. The number of hydrogen-bond donors (Lipinski definition) is 2. The van der Waals surface area contributed by atoms with Crippen molar-refractivity contribution in [3.05, 3.63) is 285 Å². The van der Waals surface area contributed by atoms with Crippen LogP contribution in [0.2, 0.25) is 0 Å². The zero-order valence-electron chi connectivity index (χ0n) is 40.2. The molecule has 1 aliphatic rings. The van der Waals surface area contributed by atoms with Crippen molar-refractivity contribution >= 4 is 56.6 Å². The fraction of sp³-hybridized carbons (Fsp3) is 0. The topological polar surface area (TPSA) is 85.4 Å². The molecular formula is C66H48N8. The molecule has 352 valence electrons. The highest BCUT2D eigenvalue weighted by Gasteiger charge is 2.19. The number of fused-ring (bicyclic) bond motifs is 1. The molecule has 1 heterocycles. The first-order valence-electron chi connectivity index (χ1n) is 24.6. The Morgan fingerprint density at radius 3 is 1.28 bits per heavy atom. The predicted molar refractivity (Wildman–Crippen MR) is 306 cm³/mol. The van der Waals surface area contributed by atoms with Crippen LogP contribution >= 0.6 is 0 Å². The van der Waals surface area contributed by atoms with Gasteiger partial charge in [-0.2, -0.15) is 9.90 Å². The van der Waals surface area contributed by atoms with Gasteiger partial charge in [0, 0.05) is 34.1 Å². The van der Waals surface area contributed by atoms with Gasteiger partial charge in [-0.05, 0) is 154 Å². The zero-order chi connectivity index (χ0) is 49.6. The number of anilines is 6. The van der Waals surface area contributed by atoms with Gasteiger partial charge in [0.1, 0.15) is 16.7 Å². The summed E-state index contributed by atoms with van der Waals surface area (Å²) in [5.74, 6) is 0. The number of benzene rings is 10. The van der Waals surface area contributed by atoms with E-state index in [1.807, 2.05) is 78.9 Å². The molecule has 0 atom stereocenters. The minimum absolute atomic E-state index is 0.331. The van der Waals surface area contributed by atoms with Crippen molar-refractivity contribution < 1.29 is 0 Å². The maximum Gasteiger partial charge on any atom is 0.115 e. The van der Waals surface area contributed by atoms with E-state index in [0.717, 1.165) is 95.5 Å². The van der Waals surface area contributed by atoms with Crippen LogP contribution in [-0.4, -0.2) is 26.4 Å². The van der Waals surface area contributed by atoms with Crippen LogP contribution in [0, 0.1) is 5.41 Å². The smallest absolute Gasteiger partial charge is 0.115 e. The summed E-state index contributed by atoms with van der Waals surface area (Å²) in [6, 6.07) is 90.3. The molecule has 1 aliphatic carbocycles.